The Balaban J connectivity index is 2.30. The second-order valence-electron chi connectivity index (χ2n) is 3.57. The number of nitrogens with one attached hydrogen (secondary N) is 1. The topological polar surface area (TPSA) is 37.8 Å². The molecular weight excluding hydrogens is 238 g/mol. The van der Waals surface area contributed by atoms with E-state index in [1.54, 1.807) is 11.3 Å². The van der Waals surface area contributed by atoms with E-state index < -0.39 is 0 Å². The predicted octanol–water partition coefficient (Wildman–Crippen LogP) is 2.86. The largest absolute Gasteiger partial charge is 0.308 e. The minimum absolute atomic E-state index is 0.251. The zero-order valence-electron chi connectivity index (χ0n) is 9.43. The molecule has 0 spiro atoms. The van der Waals surface area contributed by atoms with Crippen LogP contribution in [0.25, 0.3) is 0 Å². The smallest absolute Gasteiger partial charge is 0.0807 e. The van der Waals surface area contributed by atoms with Crippen molar-refractivity contribution in [1.82, 2.24) is 14.9 Å². The van der Waals surface area contributed by atoms with E-state index in [1.165, 1.54) is 21.3 Å². The summed E-state index contributed by atoms with van der Waals surface area (Å²) >= 11 is 3.27. The van der Waals surface area contributed by atoms with Crippen molar-refractivity contribution < 1.29 is 0 Å². The van der Waals surface area contributed by atoms with Crippen molar-refractivity contribution in [2.45, 2.75) is 25.8 Å². The molecule has 0 fully saturated rings. The fourth-order valence-electron chi connectivity index (χ4n) is 1.70. The van der Waals surface area contributed by atoms with Gasteiger partial charge in [-0.2, -0.15) is 0 Å². The molecule has 16 heavy (non-hydrogen) atoms. The molecule has 0 aliphatic rings. The van der Waals surface area contributed by atoms with Gasteiger partial charge in [0, 0.05) is 4.88 Å². The highest BCUT2D eigenvalue weighted by Gasteiger charge is 2.19. The Kier molecular flexibility index (Phi) is 4.04. The Morgan fingerprint density at radius 3 is 3.00 bits per heavy atom. The molecule has 0 aromatic carbocycles. The fourth-order valence-corrected chi connectivity index (χ4v) is 3.45. The molecule has 0 radical (unpaired) electrons. The Hall–Kier alpha value is -0.780. The van der Waals surface area contributed by atoms with Crippen LogP contribution in [0.15, 0.2) is 17.5 Å². The molecule has 1 unspecified atom stereocenters. The quantitative estimate of drug-likeness (QED) is 0.890. The van der Waals surface area contributed by atoms with Gasteiger partial charge in [0.1, 0.15) is 0 Å². The summed E-state index contributed by atoms with van der Waals surface area (Å²) in [4.78, 5) is 2.58. The first-order valence-corrected chi connectivity index (χ1v) is 7.04. The van der Waals surface area contributed by atoms with Gasteiger partial charge in [-0.25, -0.2) is 0 Å². The number of hydrogen-bond donors (Lipinski definition) is 1. The molecule has 1 N–H and O–H groups in total. The van der Waals surface area contributed by atoms with Crippen LogP contribution < -0.4 is 5.32 Å². The first-order chi connectivity index (χ1) is 7.86. The van der Waals surface area contributed by atoms with Crippen LogP contribution in [0.4, 0.5) is 0 Å². The summed E-state index contributed by atoms with van der Waals surface area (Å²) < 4.78 is 4.08. The lowest BCUT2D eigenvalue weighted by Gasteiger charge is -2.13. The van der Waals surface area contributed by atoms with E-state index in [2.05, 4.69) is 39.3 Å². The van der Waals surface area contributed by atoms with Crippen LogP contribution in [0.3, 0.4) is 0 Å². The summed E-state index contributed by atoms with van der Waals surface area (Å²) in [6, 6.07) is 4.49. The van der Waals surface area contributed by atoms with E-state index in [4.69, 9.17) is 0 Å². The Morgan fingerprint density at radius 1 is 1.50 bits per heavy atom. The molecule has 2 aromatic rings. The van der Waals surface area contributed by atoms with Crippen molar-refractivity contribution in [2.75, 3.05) is 7.05 Å². The Labute approximate surface area is 104 Å². The van der Waals surface area contributed by atoms with Gasteiger partial charge in [0.15, 0.2) is 0 Å². The van der Waals surface area contributed by atoms with Crippen LogP contribution in [0, 0.1) is 0 Å². The molecule has 0 aliphatic carbocycles. The van der Waals surface area contributed by atoms with Crippen LogP contribution >= 0.6 is 22.9 Å². The van der Waals surface area contributed by atoms with E-state index >= 15 is 0 Å². The van der Waals surface area contributed by atoms with Crippen LogP contribution in [-0.2, 0) is 6.42 Å². The molecule has 5 heteroatoms. The van der Waals surface area contributed by atoms with Gasteiger partial charge in [-0.3, -0.25) is 0 Å². The van der Waals surface area contributed by atoms with Crippen molar-refractivity contribution in [2.24, 2.45) is 0 Å². The van der Waals surface area contributed by atoms with Gasteiger partial charge < -0.3 is 5.32 Å². The second kappa shape index (κ2) is 5.52. The summed E-state index contributed by atoms with van der Waals surface area (Å²) in [6.45, 7) is 2.17. The summed E-state index contributed by atoms with van der Waals surface area (Å²) in [7, 11) is 1.99. The summed E-state index contributed by atoms with van der Waals surface area (Å²) in [5.41, 5.74) is 1.14. The molecule has 2 aromatic heterocycles. The molecule has 2 rings (SSSR count). The molecule has 0 amide bonds. The number of hydrogen-bond acceptors (Lipinski definition) is 5. The van der Waals surface area contributed by atoms with Gasteiger partial charge in [-0.1, -0.05) is 23.9 Å². The lowest BCUT2D eigenvalue weighted by Crippen LogP contribution is -2.16. The number of aromatic nitrogens is 2. The molecule has 0 aliphatic heterocycles. The maximum atomic E-state index is 4.22. The van der Waals surface area contributed by atoms with Crippen LogP contribution in [-0.4, -0.2) is 16.6 Å². The van der Waals surface area contributed by atoms with Gasteiger partial charge in [0.2, 0.25) is 0 Å². The van der Waals surface area contributed by atoms with Crippen molar-refractivity contribution in [3.8, 4) is 0 Å². The van der Waals surface area contributed by atoms with Crippen LogP contribution in [0.5, 0.6) is 0 Å². The monoisotopic (exact) mass is 253 g/mol. The van der Waals surface area contributed by atoms with Gasteiger partial charge in [0.25, 0.3) is 0 Å². The number of rotatable bonds is 5. The fraction of sp³-hybridized carbons (Fsp3) is 0.455. The van der Waals surface area contributed by atoms with Gasteiger partial charge in [-0.15, -0.1) is 16.4 Å². The first-order valence-electron chi connectivity index (χ1n) is 5.38. The summed E-state index contributed by atoms with van der Waals surface area (Å²) in [6.07, 6.45) is 2.12. The highest BCUT2D eigenvalue weighted by atomic mass is 32.1. The maximum Gasteiger partial charge on any atom is 0.0807 e. The molecule has 2 heterocycles. The van der Waals surface area contributed by atoms with Crippen molar-refractivity contribution in [3.05, 3.63) is 33.0 Å². The molecule has 86 valence electrons. The molecule has 1 atom stereocenters. The van der Waals surface area contributed by atoms with Crippen LogP contribution in [0.2, 0.25) is 0 Å². The van der Waals surface area contributed by atoms with E-state index in [0.29, 0.717) is 0 Å². The lowest BCUT2D eigenvalue weighted by molar-refractivity contribution is 0.699. The third-order valence-corrected chi connectivity index (χ3v) is 4.22. The maximum absolute atomic E-state index is 4.22. The van der Waals surface area contributed by atoms with Crippen LogP contribution in [0.1, 0.15) is 34.8 Å². The van der Waals surface area contributed by atoms with E-state index in [0.717, 1.165) is 18.5 Å². The van der Waals surface area contributed by atoms with Gasteiger partial charge >= 0.3 is 0 Å². The minimum atomic E-state index is 0.251. The Bertz CT molecular complexity index is 422. The molecule has 0 saturated carbocycles. The summed E-state index contributed by atoms with van der Waals surface area (Å²) in [5, 5.41) is 9.67. The van der Waals surface area contributed by atoms with Crippen molar-refractivity contribution in [3.63, 3.8) is 0 Å². The zero-order chi connectivity index (χ0) is 11.4. The number of nitrogens with zero attached hydrogens (tertiary/aromatic N) is 2. The molecule has 0 bridgehead atoms. The molecule has 3 nitrogen and oxygen atoms in total. The average molecular weight is 253 g/mol. The normalized spacial score (nSPS) is 12.9. The second-order valence-corrected chi connectivity index (χ2v) is 5.34. The Morgan fingerprint density at radius 2 is 2.38 bits per heavy atom. The molecule has 0 saturated heterocycles. The number of aryl methyl sites for hydroxylation is 1. The third-order valence-electron chi connectivity index (χ3n) is 2.45. The molecular formula is C11H15N3S2. The van der Waals surface area contributed by atoms with E-state index in [1.807, 2.05) is 7.05 Å². The van der Waals surface area contributed by atoms with E-state index in [9.17, 15) is 0 Å². The zero-order valence-corrected chi connectivity index (χ0v) is 11.1. The predicted molar refractivity (Wildman–Crippen MR) is 69.1 cm³/mol. The standard InChI is InChI=1S/C11H15N3S2/c1-3-5-8-11(16-14-13-8)10(12-2)9-6-4-7-15-9/h4,6-7,10,12H,3,5H2,1-2H3. The first kappa shape index (κ1) is 11.7. The highest BCUT2D eigenvalue weighted by molar-refractivity contribution is 7.10. The minimum Gasteiger partial charge on any atom is -0.308 e. The van der Waals surface area contributed by atoms with E-state index in [-0.39, 0.29) is 6.04 Å². The lowest BCUT2D eigenvalue weighted by atomic mass is 10.1. The SMILES string of the molecule is CCCc1nnsc1C(NC)c1cccs1. The van der Waals surface area contributed by atoms with Gasteiger partial charge in [-0.05, 0) is 36.4 Å². The van der Waals surface area contributed by atoms with Crippen molar-refractivity contribution in [1.29, 1.82) is 0 Å². The third kappa shape index (κ3) is 2.31. The highest BCUT2D eigenvalue weighted by Crippen LogP contribution is 2.30. The number of thiophene rings is 1. The van der Waals surface area contributed by atoms with Gasteiger partial charge in [0.05, 0.1) is 16.6 Å². The van der Waals surface area contributed by atoms with Crippen molar-refractivity contribution >= 4 is 22.9 Å². The summed E-state index contributed by atoms with van der Waals surface area (Å²) in [5.74, 6) is 0. The average Bonchev–Trinajstić information content (AvgIpc) is 2.92.